The molecule has 0 amide bonds. The second kappa shape index (κ2) is 6.48. The second-order valence-electron chi connectivity index (χ2n) is 5.71. The Balaban J connectivity index is 2.09. The number of ketones is 1. The van der Waals surface area contributed by atoms with Crippen molar-refractivity contribution in [1.29, 1.82) is 5.26 Å². The van der Waals surface area contributed by atoms with Crippen molar-refractivity contribution in [2.24, 2.45) is 0 Å². The molecule has 0 saturated carbocycles. The summed E-state index contributed by atoms with van der Waals surface area (Å²) < 4.78 is 2.18. The third kappa shape index (κ3) is 3.20. The van der Waals surface area contributed by atoms with E-state index in [-0.39, 0.29) is 12.3 Å². The number of nitriles is 1. The molecule has 1 aromatic heterocycles. The zero-order chi connectivity index (χ0) is 16.3. The molecule has 2 aromatic rings. The van der Waals surface area contributed by atoms with Gasteiger partial charge in [-0.05, 0) is 58.0 Å². The number of anilines is 1. The van der Waals surface area contributed by atoms with Crippen LogP contribution >= 0.6 is 0 Å². The third-order valence-corrected chi connectivity index (χ3v) is 3.77. The van der Waals surface area contributed by atoms with Gasteiger partial charge in [0.15, 0.2) is 5.78 Å². The van der Waals surface area contributed by atoms with Crippen LogP contribution in [0.3, 0.4) is 0 Å². The lowest BCUT2D eigenvalue weighted by Gasteiger charge is -2.13. The molecule has 0 atom stereocenters. The third-order valence-electron chi connectivity index (χ3n) is 3.77. The van der Waals surface area contributed by atoms with Crippen molar-refractivity contribution in [3.05, 3.63) is 52.8 Å². The van der Waals surface area contributed by atoms with E-state index in [2.05, 4.69) is 29.8 Å². The molecule has 1 aromatic carbocycles. The van der Waals surface area contributed by atoms with E-state index in [1.165, 1.54) is 0 Å². The normalized spacial score (nSPS) is 10.5. The Labute approximate surface area is 131 Å². The minimum Gasteiger partial charge on any atom is -0.378 e. The SMILES string of the molecule is Cc1cc(C(=O)CNc2ccc(C#N)cc2)c(C)n1C(C)C. The number of aromatic nitrogens is 1. The van der Waals surface area contributed by atoms with Crippen molar-refractivity contribution in [3.63, 3.8) is 0 Å². The summed E-state index contributed by atoms with van der Waals surface area (Å²) in [4.78, 5) is 12.4. The predicted molar refractivity (Wildman–Crippen MR) is 88.3 cm³/mol. The predicted octanol–water partition coefficient (Wildman–Crippen LogP) is 3.85. The van der Waals surface area contributed by atoms with Crippen LogP contribution < -0.4 is 5.32 Å². The van der Waals surface area contributed by atoms with Gasteiger partial charge < -0.3 is 9.88 Å². The van der Waals surface area contributed by atoms with Crippen molar-refractivity contribution in [1.82, 2.24) is 4.57 Å². The van der Waals surface area contributed by atoms with Crippen molar-refractivity contribution < 1.29 is 4.79 Å². The summed E-state index contributed by atoms with van der Waals surface area (Å²) in [6.07, 6.45) is 0. The Kier molecular flexibility index (Phi) is 4.67. The van der Waals surface area contributed by atoms with Crippen LogP contribution in [0.5, 0.6) is 0 Å². The van der Waals surface area contributed by atoms with Crippen LogP contribution in [0.4, 0.5) is 5.69 Å². The average molecular weight is 295 g/mol. The lowest BCUT2D eigenvalue weighted by atomic mass is 10.1. The van der Waals surface area contributed by atoms with Gasteiger partial charge in [-0.2, -0.15) is 5.26 Å². The highest BCUT2D eigenvalue weighted by molar-refractivity contribution is 6.00. The van der Waals surface area contributed by atoms with E-state index in [0.29, 0.717) is 11.6 Å². The quantitative estimate of drug-likeness (QED) is 0.852. The van der Waals surface area contributed by atoms with Gasteiger partial charge in [0.25, 0.3) is 0 Å². The van der Waals surface area contributed by atoms with E-state index in [1.807, 2.05) is 32.0 Å². The molecular formula is C18H21N3O. The van der Waals surface area contributed by atoms with Gasteiger partial charge in [0, 0.05) is 28.7 Å². The largest absolute Gasteiger partial charge is 0.378 e. The van der Waals surface area contributed by atoms with Crippen LogP contribution in [0.1, 0.15) is 47.2 Å². The number of Topliss-reactive ketones (excluding diaryl/α,β-unsaturated/α-hetero) is 1. The number of benzene rings is 1. The smallest absolute Gasteiger partial charge is 0.183 e. The van der Waals surface area contributed by atoms with Crippen LogP contribution in [-0.2, 0) is 0 Å². The molecule has 4 heteroatoms. The first-order valence-electron chi connectivity index (χ1n) is 7.39. The van der Waals surface area contributed by atoms with Gasteiger partial charge in [-0.15, -0.1) is 0 Å². The summed E-state index contributed by atoms with van der Waals surface area (Å²) in [7, 11) is 0. The maximum absolute atomic E-state index is 12.4. The standard InChI is InChI=1S/C18H21N3O/c1-12(2)21-13(3)9-17(14(21)4)18(22)11-20-16-7-5-15(10-19)6-8-16/h5-9,12,20H,11H2,1-4H3. The molecular weight excluding hydrogens is 274 g/mol. The Morgan fingerprint density at radius 3 is 2.41 bits per heavy atom. The monoisotopic (exact) mass is 295 g/mol. The molecule has 0 spiro atoms. The van der Waals surface area contributed by atoms with Crippen molar-refractivity contribution in [2.75, 3.05) is 11.9 Å². The molecule has 2 rings (SSSR count). The number of nitrogens with zero attached hydrogens (tertiary/aromatic N) is 2. The van der Waals surface area contributed by atoms with Gasteiger partial charge in [-0.25, -0.2) is 0 Å². The first-order chi connectivity index (χ1) is 10.4. The molecule has 4 nitrogen and oxygen atoms in total. The fourth-order valence-electron chi connectivity index (χ4n) is 2.79. The summed E-state index contributed by atoms with van der Waals surface area (Å²) >= 11 is 0. The molecule has 0 fully saturated rings. The summed E-state index contributed by atoms with van der Waals surface area (Å²) in [5.41, 5.74) is 4.34. The number of rotatable bonds is 5. The van der Waals surface area contributed by atoms with E-state index < -0.39 is 0 Å². The molecule has 0 aliphatic carbocycles. The van der Waals surface area contributed by atoms with Crippen LogP contribution in [0, 0.1) is 25.2 Å². The highest BCUT2D eigenvalue weighted by Crippen LogP contribution is 2.20. The van der Waals surface area contributed by atoms with Gasteiger partial charge in [0.2, 0.25) is 0 Å². The van der Waals surface area contributed by atoms with Gasteiger partial charge in [0.05, 0.1) is 18.2 Å². The van der Waals surface area contributed by atoms with Crippen molar-refractivity contribution in [3.8, 4) is 6.07 Å². The van der Waals surface area contributed by atoms with Crippen LogP contribution in [-0.4, -0.2) is 16.9 Å². The molecule has 22 heavy (non-hydrogen) atoms. The molecule has 0 unspecified atom stereocenters. The zero-order valence-electron chi connectivity index (χ0n) is 13.5. The first kappa shape index (κ1) is 15.8. The fourth-order valence-corrected chi connectivity index (χ4v) is 2.79. The van der Waals surface area contributed by atoms with Gasteiger partial charge in [-0.3, -0.25) is 4.79 Å². The van der Waals surface area contributed by atoms with E-state index in [9.17, 15) is 4.79 Å². The Bertz CT molecular complexity index is 718. The van der Waals surface area contributed by atoms with E-state index >= 15 is 0 Å². The number of carbonyl (C=O) groups excluding carboxylic acids is 1. The molecule has 0 aliphatic heterocycles. The minimum atomic E-state index is 0.0735. The number of aryl methyl sites for hydroxylation is 1. The molecule has 1 heterocycles. The van der Waals surface area contributed by atoms with Gasteiger partial charge in [0.1, 0.15) is 0 Å². The highest BCUT2D eigenvalue weighted by Gasteiger charge is 2.16. The molecule has 0 aliphatic rings. The molecule has 0 bridgehead atoms. The summed E-state index contributed by atoms with van der Waals surface area (Å²) in [5.74, 6) is 0.0735. The highest BCUT2D eigenvalue weighted by atomic mass is 16.1. The lowest BCUT2D eigenvalue weighted by molar-refractivity contribution is 0.101. The zero-order valence-corrected chi connectivity index (χ0v) is 13.5. The minimum absolute atomic E-state index is 0.0735. The fraction of sp³-hybridized carbons (Fsp3) is 0.333. The van der Waals surface area contributed by atoms with Crippen LogP contribution in [0.25, 0.3) is 0 Å². The van der Waals surface area contributed by atoms with Crippen LogP contribution in [0.15, 0.2) is 30.3 Å². The average Bonchev–Trinajstić information content (AvgIpc) is 2.80. The first-order valence-corrected chi connectivity index (χ1v) is 7.39. The maximum atomic E-state index is 12.4. The van der Waals surface area contributed by atoms with E-state index in [1.54, 1.807) is 12.1 Å². The summed E-state index contributed by atoms with van der Waals surface area (Å²) in [6, 6.07) is 11.5. The summed E-state index contributed by atoms with van der Waals surface area (Å²) in [6.45, 7) is 8.49. The van der Waals surface area contributed by atoms with Gasteiger partial charge in [-0.1, -0.05) is 0 Å². The Morgan fingerprint density at radius 2 is 1.91 bits per heavy atom. The lowest BCUT2D eigenvalue weighted by Crippen LogP contribution is -2.15. The van der Waals surface area contributed by atoms with E-state index in [4.69, 9.17) is 5.26 Å². The number of hydrogen-bond donors (Lipinski definition) is 1. The second-order valence-corrected chi connectivity index (χ2v) is 5.71. The Hall–Kier alpha value is -2.54. The number of carbonyl (C=O) groups is 1. The molecule has 1 N–H and O–H groups in total. The molecule has 114 valence electrons. The van der Waals surface area contributed by atoms with Crippen molar-refractivity contribution in [2.45, 2.75) is 33.7 Å². The van der Waals surface area contributed by atoms with Crippen LogP contribution in [0.2, 0.25) is 0 Å². The molecule has 0 saturated heterocycles. The number of nitrogens with one attached hydrogen (secondary N) is 1. The van der Waals surface area contributed by atoms with Gasteiger partial charge >= 0.3 is 0 Å². The summed E-state index contributed by atoms with van der Waals surface area (Å²) in [5, 5.41) is 11.9. The number of hydrogen-bond acceptors (Lipinski definition) is 3. The van der Waals surface area contributed by atoms with Crippen molar-refractivity contribution >= 4 is 11.5 Å². The topological polar surface area (TPSA) is 57.8 Å². The Morgan fingerprint density at radius 1 is 1.27 bits per heavy atom. The molecule has 0 radical (unpaired) electrons. The maximum Gasteiger partial charge on any atom is 0.183 e. The van der Waals surface area contributed by atoms with E-state index in [0.717, 1.165) is 22.6 Å².